The predicted molar refractivity (Wildman–Crippen MR) is 130 cm³/mol. The van der Waals surface area contributed by atoms with Crippen molar-refractivity contribution in [3.63, 3.8) is 0 Å². The molecule has 1 aliphatic heterocycles. The number of fused-ring (bicyclic) bond motifs is 3. The lowest BCUT2D eigenvalue weighted by Gasteiger charge is -2.19. The molecule has 0 spiro atoms. The third-order valence-corrected chi connectivity index (χ3v) is 6.66. The Kier molecular flexibility index (Phi) is 6.20. The van der Waals surface area contributed by atoms with Crippen molar-refractivity contribution >= 4 is 57.2 Å². The molecule has 6 nitrogen and oxygen atoms in total. The maximum absolute atomic E-state index is 13.5. The Morgan fingerprint density at radius 3 is 2.39 bits per heavy atom. The molecule has 0 N–H and O–H groups in total. The quantitative estimate of drug-likeness (QED) is 0.266. The van der Waals surface area contributed by atoms with Gasteiger partial charge in [0.25, 0.3) is 5.91 Å². The van der Waals surface area contributed by atoms with Gasteiger partial charge in [-0.1, -0.05) is 24.3 Å². The maximum Gasteiger partial charge on any atom is 0.348 e. The lowest BCUT2D eigenvalue weighted by atomic mass is 9.95. The maximum atomic E-state index is 13.5. The minimum atomic E-state index is -0.624. The van der Waals surface area contributed by atoms with E-state index in [0.29, 0.717) is 33.6 Å². The molecule has 0 radical (unpaired) electrons. The van der Waals surface area contributed by atoms with Gasteiger partial charge in [-0.05, 0) is 43.9 Å². The van der Waals surface area contributed by atoms with Gasteiger partial charge in [0.15, 0.2) is 0 Å². The summed E-state index contributed by atoms with van der Waals surface area (Å²) in [6.45, 7) is 7.12. The summed E-state index contributed by atoms with van der Waals surface area (Å²) in [7, 11) is 0. The topological polar surface area (TPSA) is 72.9 Å². The van der Waals surface area contributed by atoms with Gasteiger partial charge in [0.2, 0.25) is 0 Å². The van der Waals surface area contributed by atoms with Crippen molar-refractivity contribution < 1.29 is 23.9 Å². The number of halogens is 1. The highest BCUT2D eigenvalue weighted by atomic mass is 35.5. The molecule has 33 heavy (non-hydrogen) atoms. The summed E-state index contributed by atoms with van der Waals surface area (Å²) in [4.78, 5) is 40.0. The summed E-state index contributed by atoms with van der Waals surface area (Å²) in [5.74, 6) is -0.493. The molecule has 0 saturated heterocycles. The van der Waals surface area contributed by atoms with Crippen molar-refractivity contribution in [3.05, 3.63) is 57.8 Å². The van der Waals surface area contributed by atoms with Crippen LogP contribution in [-0.2, 0) is 9.53 Å². The molecule has 0 saturated carbocycles. The van der Waals surface area contributed by atoms with Gasteiger partial charge in [0.05, 0.1) is 10.6 Å². The van der Waals surface area contributed by atoms with Crippen LogP contribution in [0.5, 0.6) is 5.75 Å². The number of esters is 2. The van der Waals surface area contributed by atoms with Crippen molar-refractivity contribution in [3.8, 4) is 5.75 Å². The second-order valence-corrected chi connectivity index (χ2v) is 10.3. The van der Waals surface area contributed by atoms with Crippen LogP contribution in [0, 0.1) is 0 Å². The number of carbonyl (C=O) groups is 3. The molecule has 0 fully saturated rings. The first-order valence-corrected chi connectivity index (χ1v) is 11.9. The van der Waals surface area contributed by atoms with Crippen molar-refractivity contribution in [2.75, 3.05) is 17.3 Å². The molecule has 1 amide bonds. The summed E-state index contributed by atoms with van der Waals surface area (Å²) < 4.78 is 10.9. The van der Waals surface area contributed by atoms with E-state index >= 15 is 0 Å². The first kappa shape index (κ1) is 23.3. The van der Waals surface area contributed by atoms with E-state index in [9.17, 15) is 14.4 Å². The lowest BCUT2D eigenvalue weighted by molar-refractivity contribution is -0.131. The van der Waals surface area contributed by atoms with Crippen LogP contribution in [0.3, 0.4) is 0 Å². The summed E-state index contributed by atoms with van der Waals surface area (Å²) in [6.07, 6.45) is 0. The van der Waals surface area contributed by atoms with Gasteiger partial charge in [-0.2, -0.15) is 0 Å². The van der Waals surface area contributed by atoms with Crippen LogP contribution in [0.4, 0.5) is 5.69 Å². The van der Waals surface area contributed by atoms with E-state index in [0.717, 1.165) is 27.7 Å². The molecular weight excluding hydrogens is 462 g/mol. The normalized spacial score (nSPS) is 15.4. The number of carbonyl (C=O) groups excluding carboxylic acids is 3. The van der Waals surface area contributed by atoms with Crippen molar-refractivity contribution in [1.82, 2.24) is 0 Å². The van der Waals surface area contributed by atoms with Crippen LogP contribution in [0.25, 0.3) is 10.8 Å². The predicted octanol–water partition coefficient (Wildman–Crippen LogP) is 5.76. The second kappa shape index (κ2) is 8.80. The highest BCUT2D eigenvalue weighted by Crippen LogP contribution is 2.46. The van der Waals surface area contributed by atoms with Crippen molar-refractivity contribution in [2.24, 2.45) is 0 Å². The fraction of sp³-hybridized carbons (Fsp3) is 0.320. The average molecular weight is 486 g/mol. The number of thiophene rings is 1. The Morgan fingerprint density at radius 1 is 1.09 bits per heavy atom. The Hall–Kier alpha value is -2.90. The third-order valence-electron chi connectivity index (χ3n) is 5.23. The van der Waals surface area contributed by atoms with Crippen LogP contribution >= 0.6 is 22.9 Å². The molecule has 0 aliphatic carbocycles. The van der Waals surface area contributed by atoms with E-state index in [1.807, 2.05) is 24.3 Å². The number of nitrogens with zero attached hydrogens (tertiary/aromatic N) is 1. The van der Waals surface area contributed by atoms with Crippen LogP contribution in [0.2, 0.25) is 0 Å². The smallest absolute Gasteiger partial charge is 0.348 e. The molecule has 2 heterocycles. The molecule has 8 heteroatoms. The molecule has 1 aromatic heterocycles. The van der Waals surface area contributed by atoms with Gasteiger partial charge in [-0.3, -0.25) is 9.59 Å². The zero-order valence-electron chi connectivity index (χ0n) is 18.8. The molecular formula is C25H24ClNO5S. The van der Waals surface area contributed by atoms with Gasteiger partial charge in [-0.25, -0.2) is 4.79 Å². The Labute approximate surface area is 201 Å². The van der Waals surface area contributed by atoms with E-state index in [4.69, 9.17) is 21.1 Å². The third kappa shape index (κ3) is 4.61. The molecule has 1 atom stereocenters. The van der Waals surface area contributed by atoms with Gasteiger partial charge in [-0.15, -0.1) is 22.9 Å². The van der Waals surface area contributed by atoms with Crippen molar-refractivity contribution in [1.29, 1.82) is 0 Å². The van der Waals surface area contributed by atoms with E-state index in [1.165, 1.54) is 6.92 Å². The molecule has 1 aliphatic rings. The molecule has 172 valence electrons. The second-order valence-electron chi connectivity index (χ2n) is 8.88. The number of rotatable bonds is 4. The largest absolute Gasteiger partial charge is 0.456 e. The first-order valence-electron chi connectivity index (χ1n) is 10.5. The van der Waals surface area contributed by atoms with Crippen LogP contribution in [0.1, 0.15) is 58.5 Å². The van der Waals surface area contributed by atoms with Crippen LogP contribution < -0.4 is 9.64 Å². The Morgan fingerprint density at radius 2 is 1.76 bits per heavy atom. The molecule has 0 unspecified atom stereocenters. The zero-order valence-corrected chi connectivity index (χ0v) is 20.4. The molecule has 3 aromatic rings. The Balaban J connectivity index is 1.75. The number of hydrogen-bond acceptors (Lipinski definition) is 6. The Bertz CT molecular complexity index is 1260. The summed E-state index contributed by atoms with van der Waals surface area (Å²) >= 11 is 7.40. The average Bonchev–Trinajstić information content (AvgIpc) is 3.37. The number of amides is 1. The first-order chi connectivity index (χ1) is 15.6. The highest BCUT2D eigenvalue weighted by molar-refractivity contribution is 7.16. The van der Waals surface area contributed by atoms with Crippen LogP contribution in [-0.4, -0.2) is 35.9 Å². The molecule has 0 bridgehead atoms. The van der Waals surface area contributed by atoms with E-state index < -0.39 is 17.5 Å². The monoisotopic (exact) mass is 485 g/mol. The lowest BCUT2D eigenvalue weighted by Crippen LogP contribution is -2.29. The summed E-state index contributed by atoms with van der Waals surface area (Å²) in [5, 5.41) is 1.69. The van der Waals surface area contributed by atoms with Gasteiger partial charge < -0.3 is 14.4 Å². The zero-order chi connectivity index (χ0) is 23.9. The number of anilines is 1. The summed E-state index contributed by atoms with van der Waals surface area (Å²) in [5.41, 5.74) is 0.988. The number of hydrogen-bond donors (Lipinski definition) is 0. The minimum Gasteiger partial charge on any atom is -0.456 e. The minimum absolute atomic E-state index is 0.0767. The highest BCUT2D eigenvalue weighted by Gasteiger charge is 2.36. The summed E-state index contributed by atoms with van der Waals surface area (Å²) in [6, 6.07) is 12.6. The SMILES string of the molecule is CC(=O)Oc1cc2c(c3ccccc13)[C@H](CCl)CN2C(=O)c1ccc(C(=O)OC(C)(C)C)s1. The number of alkyl halides is 1. The van der Waals surface area contributed by atoms with E-state index in [1.54, 1.807) is 43.9 Å². The van der Waals surface area contributed by atoms with Gasteiger partial charge >= 0.3 is 11.9 Å². The molecule has 4 rings (SSSR count). The van der Waals surface area contributed by atoms with Crippen molar-refractivity contribution in [2.45, 2.75) is 39.2 Å². The van der Waals surface area contributed by atoms with E-state index in [-0.39, 0.29) is 11.8 Å². The fourth-order valence-corrected chi connectivity index (χ4v) is 5.08. The van der Waals surface area contributed by atoms with E-state index in [2.05, 4.69) is 0 Å². The standard InChI is InChI=1S/C25H24ClNO5S/c1-14(28)31-19-11-18-22(17-8-6-5-7-16(17)19)15(12-26)13-27(18)23(29)20-9-10-21(33-20)24(30)32-25(2,3)4/h5-11,15H,12-13H2,1-4H3/t15-/m1/s1. The fourth-order valence-electron chi connectivity index (χ4n) is 3.99. The van der Waals surface area contributed by atoms with Gasteiger partial charge in [0.1, 0.15) is 16.2 Å². The number of ether oxygens (including phenoxy) is 2. The van der Waals surface area contributed by atoms with Gasteiger partial charge in [0, 0.05) is 36.7 Å². The number of benzene rings is 2. The molecule has 2 aromatic carbocycles. The van der Waals surface area contributed by atoms with Crippen LogP contribution in [0.15, 0.2) is 42.5 Å².